The molecular weight excluding hydrogens is 431 g/mol. The number of benzene rings is 2. The molecule has 0 aliphatic heterocycles. The van der Waals surface area contributed by atoms with Crippen molar-refractivity contribution < 1.29 is 18.0 Å². The standard InChI is InChI=1S/C21H15ClF3N5O/c1-11-8-17-19(26-10-11)30-18(29-17)15-9-14(6-7-16(15)22)28-20(31)27-13-4-2-12(3-5-13)21(23,24)25/h2-10H,1H3,(H,26,29,30)(H2,27,28,31). The van der Waals surface area contributed by atoms with Gasteiger partial charge >= 0.3 is 12.2 Å². The number of carbonyl (C=O) groups excluding carboxylic acids is 1. The zero-order valence-electron chi connectivity index (χ0n) is 16.0. The molecule has 0 saturated carbocycles. The molecule has 2 amide bonds. The normalized spacial score (nSPS) is 11.5. The Balaban J connectivity index is 1.52. The Bertz CT molecular complexity index is 1270. The van der Waals surface area contributed by atoms with Crippen LogP contribution in [0.5, 0.6) is 0 Å². The SMILES string of the molecule is Cc1cnc2nc(-c3cc(NC(=O)Nc4ccc(C(F)(F)F)cc4)ccc3Cl)[nH]c2c1. The number of imidazole rings is 1. The van der Waals surface area contributed by atoms with E-state index >= 15 is 0 Å². The minimum atomic E-state index is -4.44. The third-order valence-electron chi connectivity index (χ3n) is 4.42. The second kappa shape index (κ2) is 7.92. The fourth-order valence-electron chi connectivity index (χ4n) is 2.95. The van der Waals surface area contributed by atoms with Crippen molar-refractivity contribution >= 4 is 40.2 Å². The molecule has 0 aliphatic carbocycles. The predicted octanol–water partition coefficient (Wildman–Crippen LogP) is 6.25. The number of urea groups is 1. The van der Waals surface area contributed by atoms with E-state index in [1.54, 1.807) is 24.4 Å². The van der Waals surface area contributed by atoms with Crippen LogP contribution in [0.25, 0.3) is 22.6 Å². The molecule has 0 bridgehead atoms. The lowest BCUT2D eigenvalue weighted by atomic mass is 10.2. The first-order valence-corrected chi connectivity index (χ1v) is 9.44. The number of aromatic amines is 1. The predicted molar refractivity (Wildman–Crippen MR) is 113 cm³/mol. The van der Waals surface area contributed by atoms with Crippen LogP contribution < -0.4 is 10.6 Å². The Morgan fingerprint density at radius 3 is 2.42 bits per heavy atom. The van der Waals surface area contributed by atoms with Crippen LogP contribution in [0.4, 0.5) is 29.3 Å². The quantitative estimate of drug-likeness (QED) is 0.348. The Hall–Kier alpha value is -3.59. The van der Waals surface area contributed by atoms with Gasteiger partial charge < -0.3 is 15.6 Å². The van der Waals surface area contributed by atoms with E-state index < -0.39 is 17.8 Å². The molecule has 4 aromatic rings. The van der Waals surface area contributed by atoms with Crippen molar-refractivity contribution in [3.63, 3.8) is 0 Å². The van der Waals surface area contributed by atoms with Gasteiger partial charge in [-0.2, -0.15) is 13.2 Å². The zero-order chi connectivity index (χ0) is 22.2. The maximum atomic E-state index is 12.6. The molecule has 6 nitrogen and oxygen atoms in total. The molecule has 0 fully saturated rings. The van der Waals surface area contributed by atoms with E-state index in [0.717, 1.165) is 23.2 Å². The van der Waals surface area contributed by atoms with Crippen LogP contribution in [0.15, 0.2) is 54.7 Å². The highest BCUT2D eigenvalue weighted by Gasteiger charge is 2.30. The van der Waals surface area contributed by atoms with Crippen LogP contribution in [0.1, 0.15) is 11.1 Å². The molecule has 2 aromatic heterocycles. The molecule has 4 rings (SSSR count). The molecule has 3 N–H and O–H groups in total. The number of nitrogens with zero attached hydrogens (tertiary/aromatic N) is 2. The number of hydrogen-bond donors (Lipinski definition) is 3. The number of amides is 2. The second-order valence-corrected chi connectivity index (χ2v) is 7.23. The third kappa shape index (κ3) is 4.61. The average Bonchev–Trinajstić information content (AvgIpc) is 3.12. The van der Waals surface area contributed by atoms with Crippen LogP contribution in [0.2, 0.25) is 5.02 Å². The van der Waals surface area contributed by atoms with Crippen molar-refractivity contribution in [2.45, 2.75) is 13.1 Å². The highest BCUT2D eigenvalue weighted by Crippen LogP contribution is 2.31. The van der Waals surface area contributed by atoms with Gasteiger partial charge in [-0.3, -0.25) is 0 Å². The lowest BCUT2D eigenvalue weighted by Crippen LogP contribution is -2.19. The van der Waals surface area contributed by atoms with Gasteiger partial charge in [0, 0.05) is 23.1 Å². The summed E-state index contributed by atoms with van der Waals surface area (Å²) in [6.45, 7) is 1.92. The summed E-state index contributed by atoms with van der Waals surface area (Å²) in [5.74, 6) is 0.491. The van der Waals surface area contributed by atoms with Crippen LogP contribution in [0, 0.1) is 6.92 Å². The summed E-state index contributed by atoms with van der Waals surface area (Å²) in [5, 5.41) is 5.53. The molecule has 0 atom stereocenters. The topological polar surface area (TPSA) is 82.7 Å². The van der Waals surface area contributed by atoms with Crippen molar-refractivity contribution in [3.05, 3.63) is 70.9 Å². The second-order valence-electron chi connectivity index (χ2n) is 6.82. The van der Waals surface area contributed by atoms with Gasteiger partial charge in [-0.1, -0.05) is 11.6 Å². The van der Waals surface area contributed by atoms with E-state index in [2.05, 4.69) is 25.6 Å². The Morgan fingerprint density at radius 1 is 1.03 bits per heavy atom. The van der Waals surface area contributed by atoms with Gasteiger partial charge in [-0.15, -0.1) is 0 Å². The van der Waals surface area contributed by atoms with Crippen LogP contribution in [-0.2, 0) is 6.18 Å². The first kappa shape index (κ1) is 20.7. The summed E-state index contributed by atoms with van der Waals surface area (Å²) in [6.07, 6.45) is -2.73. The minimum Gasteiger partial charge on any atom is -0.337 e. The van der Waals surface area contributed by atoms with Gasteiger partial charge in [0.05, 0.1) is 16.1 Å². The number of rotatable bonds is 3. The number of halogens is 4. The number of fused-ring (bicyclic) bond motifs is 1. The summed E-state index contributed by atoms with van der Waals surface area (Å²) in [7, 11) is 0. The number of pyridine rings is 1. The van der Waals surface area contributed by atoms with E-state index in [0.29, 0.717) is 27.7 Å². The summed E-state index contributed by atoms with van der Waals surface area (Å²) in [6, 6.07) is 10.3. The summed E-state index contributed by atoms with van der Waals surface area (Å²) >= 11 is 6.31. The molecule has 10 heteroatoms. The summed E-state index contributed by atoms with van der Waals surface area (Å²) in [4.78, 5) is 24.1. The number of anilines is 2. The molecule has 0 radical (unpaired) electrons. The molecule has 0 spiro atoms. The number of alkyl halides is 3. The molecule has 0 saturated heterocycles. The molecule has 158 valence electrons. The highest BCUT2D eigenvalue weighted by atomic mass is 35.5. The first-order valence-electron chi connectivity index (χ1n) is 9.06. The molecular formula is C21H15ClF3N5O. The maximum absolute atomic E-state index is 12.6. The number of hydrogen-bond acceptors (Lipinski definition) is 3. The van der Waals surface area contributed by atoms with E-state index in [9.17, 15) is 18.0 Å². The smallest absolute Gasteiger partial charge is 0.337 e. The minimum absolute atomic E-state index is 0.221. The number of aromatic nitrogens is 3. The van der Waals surface area contributed by atoms with Gasteiger partial charge in [0.15, 0.2) is 5.65 Å². The van der Waals surface area contributed by atoms with Crippen LogP contribution >= 0.6 is 11.6 Å². The lowest BCUT2D eigenvalue weighted by Gasteiger charge is -2.11. The average molecular weight is 446 g/mol. The van der Waals surface area contributed by atoms with Crippen molar-refractivity contribution in [2.24, 2.45) is 0 Å². The highest BCUT2D eigenvalue weighted by molar-refractivity contribution is 6.33. The summed E-state index contributed by atoms with van der Waals surface area (Å²) < 4.78 is 37.9. The zero-order valence-corrected chi connectivity index (χ0v) is 16.8. The van der Waals surface area contributed by atoms with Crippen molar-refractivity contribution in [1.82, 2.24) is 15.0 Å². The molecule has 0 aliphatic rings. The maximum Gasteiger partial charge on any atom is 0.416 e. The number of nitrogens with one attached hydrogen (secondary N) is 3. The fourth-order valence-corrected chi connectivity index (χ4v) is 3.16. The molecule has 31 heavy (non-hydrogen) atoms. The van der Waals surface area contributed by atoms with E-state index in [4.69, 9.17) is 11.6 Å². The number of aryl methyl sites for hydroxylation is 1. The molecule has 2 heterocycles. The van der Waals surface area contributed by atoms with Crippen LogP contribution in [0.3, 0.4) is 0 Å². The van der Waals surface area contributed by atoms with Crippen LogP contribution in [-0.4, -0.2) is 21.0 Å². The summed E-state index contributed by atoms with van der Waals surface area (Å²) in [5.41, 5.74) is 2.68. The molecule has 0 unspecified atom stereocenters. The number of H-pyrrole nitrogens is 1. The lowest BCUT2D eigenvalue weighted by molar-refractivity contribution is -0.137. The Kier molecular flexibility index (Phi) is 5.28. The van der Waals surface area contributed by atoms with Crippen molar-refractivity contribution in [2.75, 3.05) is 10.6 Å². The fraction of sp³-hybridized carbons (Fsp3) is 0.0952. The monoisotopic (exact) mass is 445 g/mol. The van der Waals surface area contributed by atoms with Gasteiger partial charge in [-0.05, 0) is 61.0 Å². The van der Waals surface area contributed by atoms with Gasteiger partial charge in [0.1, 0.15) is 5.82 Å². The third-order valence-corrected chi connectivity index (χ3v) is 4.75. The first-order chi connectivity index (χ1) is 14.7. The van der Waals surface area contributed by atoms with E-state index in [-0.39, 0.29) is 5.69 Å². The van der Waals surface area contributed by atoms with Gasteiger partial charge in [0.2, 0.25) is 0 Å². The van der Waals surface area contributed by atoms with Gasteiger partial charge in [0.25, 0.3) is 0 Å². The van der Waals surface area contributed by atoms with Crippen molar-refractivity contribution in [1.29, 1.82) is 0 Å². The van der Waals surface area contributed by atoms with Crippen molar-refractivity contribution in [3.8, 4) is 11.4 Å². The van der Waals surface area contributed by atoms with E-state index in [1.807, 2.05) is 13.0 Å². The van der Waals surface area contributed by atoms with Gasteiger partial charge in [-0.25, -0.2) is 14.8 Å². The largest absolute Gasteiger partial charge is 0.416 e. The van der Waals surface area contributed by atoms with E-state index in [1.165, 1.54) is 12.1 Å². The number of carbonyl (C=O) groups is 1. The molecule has 2 aromatic carbocycles. The Morgan fingerprint density at radius 2 is 1.71 bits per heavy atom. The Labute approximate surface area is 179 Å².